The lowest BCUT2D eigenvalue weighted by Gasteiger charge is -2.30. The van der Waals surface area contributed by atoms with Crippen molar-refractivity contribution in [2.75, 3.05) is 18.2 Å². The number of aliphatic hydroxyl groups is 1. The van der Waals surface area contributed by atoms with Crippen LogP contribution in [0, 0.1) is 0 Å². The van der Waals surface area contributed by atoms with Crippen molar-refractivity contribution in [3.8, 4) is 0 Å². The lowest BCUT2D eigenvalue weighted by Crippen LogP contribution is -2.27. The average molecular weight is 304 g/mol. The van der Waals surface area contributed by atoms with Crippen LogP contribution in [-0.2, 0) is 17.9 Å². The van der Waals surface area contributed by atoms with Gasteiger partial charge in [-0.15, -0.1) is 0 Å². The molecule has 22 heavy (non-hydrogen) atoms. The van der Waals surface area contributed by atoms with Gasteiger partial charge in [0.25, 0.3) is 0 Å². The number of ether oxygens (including phenoxy) is 1. The summed E-state index contributed by atoms with van der Waals surface area (Å²) < 4.78 is 5.03. The third-order valence-corrected chi connectivity index (χ3v) is 3.73. The molecule has 5 N–H and O–H groups in total. The molecule has 1 saturated carbocycles. The summed E-state index contributed by atoms with van der Waals surface area (Å²) in [5, 5.41) is 19.7. The van der Waals surface area contributed by atoms with Gasteiger partial charge in [-0.05, 0) is 18.9 Å². The summed E-state index contributed by atoms with van der Waals surface area (Å²) in [6, 6.07) is 3.82. The molecule has 8 nitrogen and oxygen atoms in total. The minimum atomic E-state index is -0.221. The molecule has 0 atom stereocenters. The molecule has 0 bridgehead atoms. The van der Waals surface area contributed by atoms with Gasteiger partial charge in [-0.3, -0.25) is 5.10 Å². The average Bonchev–Trinajstić information content (AvgIpc) is 2.89. The quantitative estimate of drug-likeness (QED) is 0.622. The Bertz CT molecular complexity index is 638. The highest BCUT2D eigenvalue weighted by molar-refractivity contribution is 5.42. The standard InChI is InChI=1S/C14H20N6O2/c1-22-7-10-4-9(19-20-10)6-16-13-5-12(17-14(15)18-13)8-2-11(21)3-8/h4-5,8,11,21H,2-3,6-7H2,1H3,(H,19,20)(H3,15,16,17,18). The van der Waals surface area contributed by atoms with Crippen molar-refractivity contribution in [1.29, 1.82) is 0 Å². The summed E-state index contributed by atoms with van der Waals surface area (Å²) in [6.45, 7) is 1.03. The number of H-pyrrole nitrogens is 1. The van der Waals surface area contributed by atoms with E-state index in [9.17, 15) is 5.11 Å². The summed E-state index contributed by atoms with van der Waals surface area (Å²) in [5.41, 5.74) is 8.43. The van der Waals surface area contributed by atoms with Crippen LogP contribution in [0.4, 0.5) is 11.8 Å². The smallest absolute Gasteiger partial charge is 0.222 e. The number of rotatable bonds is 6. The predicted molar refractivity (Wildman–Crippen MR) is 81.1 cm³/mol. The van der Waals surface area contributed by atoms with Crippen molar-refractivity contribution < 1.29 is 9.84 Å². The molecule has 2 aromatic heterocycles. The highest BCUT2D eigenvalue weighted by Crippen LogP contribution is 2.36. The first-order chi connectivity index (χ1) is 10.6. The molecule has 0 radical (unpaired) electrons. The zero-order valence-electron chi connectivity index (χ0n) is 12.4. The minimum Gasteiger partial charge on any atom is -0.393 e. The minimum absolute atomic E-state index is 0.221. The van der Waals surface area contributed by atoms with Gasteiger partial charge >= 0.3 is 0 Å². The van der Waals surface area contributed by atoms with Crippen molar-refractivity contribution in [2.24, 2.45) is 0 Å². The van der Waals surface area contributed by atoms with Crippen LogP contribution in [0.1, 0.15) is 35.8 Å². The molecule has 0 saturated heterocycles. The number of anilines is 2. The Morgan fingerprint density at radius 3 is 2.95 bits per heavy atom. The van der Waals surface area contributed by atoms with Gasteiger partial charge in [-0.1, -0.05) is 0 Å². The third-order valence-electron chi connectivity index (χ3n) is 3.73. The van der Waals surface area contributed by atoms with Gasteiger partial charge in [-0.25, -0.2) is 4.98 Å². The van der Waals surface area contributed by atoms with Crippen LogP contribution in [0.25, 0.3) is 0 Å². The maximum atomic E-state index is 9.40. The first kappa shape index (κ1) is 14.7. The van der Waals surface area contributed by atoms with Crippen LogP contribution >= 0.6 is 0 Å². The predicted octanol–water partition coefficient (Wildman–Crippen LogP) is 0.779. The summed E-state index contributed by atoms with van der Waals surface area (Å²) >= 11 is 0. The van der Waals surface area contributed by atoms with E-state index in [0.717, 1.165) is 29.9 Å². The fourth-order valence-electron chi connectivity index (χ4n) is 2.52. The van der Waals surface area contributed by atoms with Gasteiger partial charge in [0.1, 0.15) is 5.82 Å². The SMILES string of the molecule is COCc1cc(CNc2cc(C3CC(O)C3)nc(N)n2)[nH]n1. The van der Waals surface area contributed by atoms with E-state index in [1.54, 1.807) is 7.11 Å². The van der Waals surface area contributed by atoms with E-state index in [-0.39, 0.29) is 18.0 Å². The Kier molecular flexibility index (Phi) is 4.21. The van der Waals surface area contributed by atoms with Gasteiger partial charge in [-0.2, -0.15) is 10.1 Å². The third kappa shape index (κ3) is 3.34. The number of nitrogens with one attached hydrogen (secondary N) is 2. The van der Waals surface area contributed by atoms with Crippen LogP contribution in [0.15, 0.2) is 12.1 Å². The largest absolute Gasteiger partial charge is 0.393 e. The first-order valence-corrected chi connectivity index (χ1v) is 7.22. The molecule has 0 aromatic carbocycles. The molecule has 8 heteroatoms. The summed E-state index contributed by atoms with van der Waals surface area (Å²) in [5.74, 6) is 1.18. The number of aliphatic hydroxyl groups excluding tert-OH is 1. The van der Waals surface area contributed by atoms with Crippen LogP contribution in [0.5, 0.6) is 0 Å². The number of aromatic amines is 1. The van der Waals surface area contributed by atoms with Crippen molar-refractivity contribution in [3.05, 3.63) is 29.2 Å². The van der Waals surface area contributed by atoms with E-state index < -0.39 is 0 Å². The van der Waals surface area contributed by atoms with Crippen LogP contribution in [0.2, 0.25) is 0 Å². The Hall–Kier alpha value is -2.19. The Balaban J connectivity index is 1.64. The maximum absolute atomic E-state index is 9.40. The van der Waals surface area contributed by atoms with Gasteiger partial charge in [0, 0.05) is 19.1 Å². The lowest BCUT2D eigenvalue weighted by molar-refractivity contribution is 0.0732. The van der Waals surface area contributed by atoms with Crippen molar-refractivity contribution in [1.82, 2.24) is 20.2 Å². The second-order valence-corrected chi connectivity index (χ2v) is 5.53. The van der Waals surface area contributed by atoms with Gasteiger partial charge < -0.3 is 20.9 Å². The highest BCUT2D eigenvalue weighted by Gasteiger charge is 2.30. The van der Waals surface area contributed by atoms with Gasteiger partial charge in [0.05, 0.1) is 36.3 Å². The van der Waals surface area contributed by atoms with E-state index in [2.05, 4.69) is 25.5 Å². The molecular weight excluding hydrogens is 284 g/mol. The summed E-state index contributed by atoms with van der Waals surface area (Å²) in [4.78, 5) is 8.44. The number of hydrogen-bond acceptors (Lipinski definition) is 7. The number of hydrogen-bond donors (Lipinski definition) is 4. The van der Waals surface area contributed by atoms with Crippen LogP contribution < -0.4 is 11.1 Å². The fourth-order valence-corrected chi connectivity index (χ4v) is 2.52. The molecular formula is C14H20N6O2. The Morgan fingerprint density at radius 1 is 1.41 bits per heavy atom. The van der Waals surface area contributed by atoms with E-state index in [1.165, 1.54) is 0 Å². The molecule has 3 rings (SSSR count). The van der Waals surface area contributed by atoms with Gasteiger partial charge in [0.2, 0.25) is 5.95 Å². The normalized spacial score (nSPS) is 20.6. The molecule has 0 spiro atoms. The second-order valence-electron chi connectivity index (χ2n) is 5.53. The van der Waals surface area contributed by atoms with Crippen LogP contribution in [-0.4, -0.2) is 38.5 Å². The number of methoxy groups -OCH3 is 1. The number of aromatic nitrogens is 4. The summed E-state index contributed by atoms with van der Waals surface area (Å²) in [6.07, 6.45) is 1.25. The number of nitrogen functional groups attached to an aromatic ring is 1. The molecule has 118 valence electrons. The maximum Gasteiger partial charge on any atom is 0.222 e. The molecule has 2 aromatic rings. The lowest BCUT2D eigenvalue weighted by atomic mass is 9.80. The van der Waals surface area contributed by atoms with E-state index in [0.29, 0.717) is 19.0 Å². The number of nitrogens with zero attached hydrogens (tertiary/aromatic N) is 3. The second kappa shape index (κ2) is 6.29. The highest BCUT2D eigenvalue weighted by atomic mass is 16.5. The molecule has 2 heterocycles. The van der Waals surface area contributed by atoms with Crippen molar-refractivity contribution in [3.63, 3.8) is 0 Å². The Labute approximate surface area is 128 Å². The topological polar surface area (TPSA) is 122 Å². The molecule has 1 aliphatic carbocycles. The molecule has 0 unspecified atom stereocenters. The first-order valence-electron chi connectivity index (χ1n) is 7.22. The Morgan fingerprint density at radius 2 is 2.23 bits per heavy atom. The zero-order chi connectivity index (χ0) is 15.5. The molecule has 0 aliphatic heterocycles. The fraction of sp³-hybridized carbons (Fsp3) is 0.500. The molecule has 0 amide bonds. The summed E-state index contributed by atoms with van der Waals surface area (Å²) in [7, 11) is 1.63. The van der Waals surface area contributed by atoms with Gasteiger partial charge in [0.15, 0.2) is 0 Å². The van der Waals surface area contributed by atoms with Crippen molar-refractivity contribution >= 4 is 11.8 Å². The zero-order valence-corrected chi connectivity index (χ0v) is 12.4. The number of nitrogens with two attached hydrogens (primary N) is 1. The van der Waals surface area contributed by atoms with E-state index in [1.807, 2.05) is 12.1 Å². The van der Waals surface area contributed by atoms with Crippen LogP contribution in [0.3, 0.4) is 0 Å². The monoisotopic (exact) mass is 304 g/mol. The van der Waals surface area contributed by atoms with Crippen molar-refractivity contribution in [2.45, 2.75) is 38.0 Å². The van der Waals surface area contributed by atoms with E-state index >= 15 is 0 Å². The van der Waals surface area contributed by atoms with E-state index in [4.69, 9.17) is 10.5 Å². The molecule has 1 fully saturated rings. The molecule has 1 aliphatic rings.